The van der Waals surface area contributed by atoms with Gasteiger partial charge in [-0.1, -0.05) is 49.3 Å². The molecule has 1 aromatic heterocycles. The lowest BCUT2D eigenvalue weighted by molar-refractivity contribution is -0.142. The van der Waals surface area contributed by atoms with Gasteiger partial charge in [-0.15, -0.1) is 6.58 Å². The zero-order valence-electron chi connectivity index (χ0n) is 31.0. The van der Waals surface area contributed by atoms with Crippen LogP contribution in [0.5, 0.6) is 5.88 Å². The average Bonchev–Trinajstić information content (AvgIpc) is 3.94. The molecule has 5 fully saturated rings. The Hall–Kier alpha value is -4.50. The third-order valence-electron chi connectivity index (χ3n) is 12.1. The summed E-state index contributed by atoms with van der Waals surface area (Å²) in [5, 5.41) is 6.24. The Kier molecular flexibility index (Phi) is 10.3. The minimum atomic E-state index is -3.89. The van der Waals surface area contributed by atoms with E-state index in [4.69, 9.17) is 14.5 Å². The summed E-state index contributed by atoms with van der Waals surface area (Å²) in [6.07, 6.45) is 11.6. The molecule has 4 bridgehead atoms. The highest BCUT2D eigenvalue weighted by atomic mass is 32.2. The third kappa shape index (κ3) is 7.82. The third-order valence-corrected chi connectivity index (χ3v) is 13.9. The number of urea groups is 1. The van der Waals surface area contributed by atoms with Crippen molar-refractivity contribution in [1.29, 1.82) is 0 Å². The van der Waals surface area contributed by atoms with Crippen LogP contribution in [-0.2, 0) is 29.1 Å². The SMILES string of the molecule is C=C[C@@H]1C[C@]1(NC(=O)[C@@H]1C[C@@H]2CN1C(=O)[C@H](C1CCCC1)NC(=O)N1CC[C@@H](C1)OCCCC=Cc1cc3ccccc3nc1O2)C(=O)NS(=O)(=O)C1CC1. The number of sulfonamides is 1. The maximum absolute atomic E-state index is 14.9. The molecule has 3 saturated carbocycles. The Labute approximate surface area is 321 Å². The maximum atomic E-state index is 14.9. The normalized spacial score (nSPS) is 30.4. The Morgan fingerprint density at radius 2 is 1.84 bits per heavy atom. The quantitative estimate of drug-likeness (QED) is 0.356. The summed E-state index contributed by atoms with van der Waals surface area (Å²) in [5.74, 6) is -2.06. The molecule has 6 aliphatic rings. The number of nitrogens with zero attached hydrogens (tertiary/aromatic N) is 3. The lowest BCUT2D eigenvalue weighted by atomic mass is 9.96. The highest BCUT2D eigenvalue weighted by molar-refractivity contribution is 7.91. The van der Waals surface area contributed by atoms with E-state index in [1.54, 1.807) is 4.90 Å². The number of amides is 5. The van der Waals surface area contributed by atoms with Gasteiger partial charge in [0.25, 0.3) is 5.91 Å². The number of benzene rings is 1. The van der Waals surface area contributed by atoms with Gasteiger partial charge < -0.3 is 29.9 Å². The summed E-state index contributed by atoms with van der Waals surface area (Å²) in [4.78, 5) is 64.7. The van der Waals surface area contributed by atoms with Crippen LogP contribution in [0.1, 0.15) is 76.2 Å². The minimum Gasteiger partial charge on any atom is -0.472 e. The summed E-state index contributed by atoms with van der Waals surface area (Å²) in [6.45, 7) is 5.34. The van der Waals surface area contributed by atoms with Crippen molar-refractivity contribution in [2.24, 2.45) is 11.8 Å². The Bertz CT molecular complexity index is 2000. The number of carbonyl (C=O) groups excluding carboxylic acids is 4. The standard InChI is InChI=1S/C40H50N6O8S/c1-2-28-22-40(28,38(49)44-55(51,52)31-15-16-31)43-35(47)33-21-30-24-46(33)37(48)34(25-10-5-6-11-25)42-39(50)45-18-17-29(23-45)53-19-9-3-4-13-27-20-26-12-7-8-14-32(26)41-36(27)54-30/h2,4,7-8,12-14,20,25,28-31,33-34H,1,3,5-6,9-11,15-19,21-24H2,(H,42,50)(H,43,47)(H,44,49)/t28-,29+,30-,33+,34+,40-/m1/s1. The van der Waals surface area contributed by atoms with E-state index in [0.29, 0.717) is 44.8 Å². The van der Waals surface area contributed by atoms with Gasteiger partial charge in [0.05, 0.1) is 23.4 Å². The van der Waals surface area contributed by atoms with Crippen LogP contribution in [0.15, 0.2) is 49.1 Å². The second-order valence-electron chi connectivity index (χ2n) is 16.0. The first kappa shape index (κ1) is 37.4. The number of hydrogen-bond acceptors (Lipinski definition) is 9. The number of para-hydroxylation sites is 1. The van der Waals surface area contributed by atoms with E-state index >= 15 is 0 Å². The van der Waals surface area contributed by atoms with Gasteiger partial charge in [-0.2, -0.15) is 0 Å². The molecule has 8 rings (SSSR count). The van der Waals surface area contributed by atoms with E-state index in [0.717, 1.165) is 55.0 Å². The van der Waals surface area contributed by atoms with E-state index in [1.807, 2.05) is 36.4 Å². The number of fused-ring (bicyclic) bond motifs is 6. The number of rotatable bonds is 7. The van der Waals surface area contributed by atoms with E-state index in [2.05, 4.69) is 28.0 Å². The van der Waals surface area contributed by atoms with Crippen molar-refractivity contribution in [3.05, 3.63) is 54.6 Å². The van der Waals surface area contributed by atoms with Crippen LogP contribution in [-0.4, -0.2) is 108 Å². The number of allylic oxidation sites excluding steroid dienone is 1. The lowest BCUT2D eigenvalue weighted by Crippen LogP contribution is -2.59. The molecule has 0 unspecified atom stereocenters. The Balaban J connectivity index is 1.12. The molecule has 0 radical (unpaired) electrons. The van der Waals surface area contributed by atoms with E-state index in [-0.39, 0.29) is 37.4 Å². The number of aromatic nitrogens is 1. The van der Waals surface area contributed by atoms with Crippen molar-refractivity contribution in [2.75, 3.05) is 26.2 Å². The van der Waals surface area contributed by atoms with Crippen LogP contribution < -0.4 is 20.1 Å². The van der Waals surface area contributed by atoms with Gasteiger partial charge in [-0.05, 0) is 69.4 Å². The number of ether oxygens (including phenoxy) is 2. The molecule has 4 heterocycles. The number of pyridine rings is 1. The molecular weight excluding hydrogens is 725 g/mol. The predicted octanol–water partition coefficient (Wildman–Crippen LogP) is 3.42. The van der Waals surface area contributed by atoms with E-state index in [9.17, 15) is 27.6 Å². The zero-order valence-corrected chi connectivity index (χ0v) is 31.8. The smallest absolute Gasteiger partial charge is 0.318 e. The van der Waals surface area contributed by atoms with Gasteiger partial charge in [0, 0.05) is 43.0 Å². The molecule has 15 heteroatoms. The number of nitrogens with one attached hydrogen (secondary N) is 3. The first-order valence-electron chi connectivity index (χ1n) is 19.8. The molecule has 2 aromatic rings. The predicted molar refractivity (Wildman–Crippen MR) is 204 cm³/mol. The summed E-state index contributed by atoms with van der Waals surface area (Å²) >= 11 is 0. The maximum Gasteiger partial charge on any atom is 0.318 e. The molecule has 3 aliphatic heterocycles. The van der Waals surface area contributed by atoms with Gasteiger partial charge in [0.15, 0.2) is 0 Å². The number of hydrogen-bond donors (Lipinski definition) is 3. The van der Waals surface area contributed by atoms with E-state index in [1.165, 1.54) is 11.0 Å². The lowest BCUT2D eigenvalue weighted by Gasteiger charge is -2.33. The first-order chi connectivity index (χ1) is 26.5. The van der Waals surface area contributed by atoms with Crippen LogP contribution in [0, 0.1) is 11.8 Å². The van der Waals surface area contributed by atoms with E-state index < -0.39 is 62.6 Å². The molecule has 14 nitrogen and oxygen atoms in total. The fourth-order valence-electron chi connectivity index (χ4n) is 8.67. The fraction of sp³-hybridized carbons (Fsp3) is 0.575. The zero-order chi connectivity index (χ0) is 38.3. The van der Waals surface area contributed by atoms with Crippen molar-refractivity contribution < 1.29 is 37.1 Å². The molecule has 3 N–H and O–H groups in total. The second-order valence-corrected chi connectivity index (χ2v) is 17.9. The van der Waals surface area contributed by atoms with Crippen LogP contribution in [0.25, 0.3) is 17.0 Å². The van der Waals surface area contributed by atoms with Crippen molar-refractivity contribution in [1.82, 2.24) is 30.1 Å². The van der Waals surface area contributed by atoms with Crippen molar-refractivity contribution in [3.8, 4) is 5.88 Å². The van der Waals surface area contributed by atoms with Gasteiger partial charge in [0.2, 0.25) is 27.7 Å². The highest BCUT2D eigenvalue weighted by Gasteiger charge is 2.62. The van der Waals surface area contributed by atoms with Gasteiger partial charge in [-0.3, -0.25) is 19.1 Å². The Morgan fingerprint density at radius 3 is 2.60 bits per heavy atom. The van der Waals surface area contributed by atoms with Crippen LogP contribution in [0.3, 0.4) is 0 Å². The van der Waals surface area contributed by atoms with Crippen LogP contribution in [0.4, 0.5) is 4.79 Å². The molecule has 2 saturated heterocycles. The molecule has 1 aromatic carbocycles. The topological polar surface area (TPSA) is 176 Å². The summed E-state index contributed by atoms with van der Waals surface area (Å²) in [7, 11) is -3.89. The summed E-state index contributed by atoms with van der Waals surface area (Å²) < 4.78 is 40.5. The van der Waals surface area contributed by atoms with Gasteiger partial charge in [-0.25, -0.2) is 18.2 Å². The van der Waals surface area contributed by atoms with Crippen LogP contribution in [0.2, 0.25) is 0 Å². The minimum absolute atomic E-state index is 0.0352. The molecule has 5 amide bonds. The monoisotopic (exact) mass is 774 g/mol. The van der Waals surface area contributed by atoms with Gasteiger partial charge >= 0.3 is 6.03 Å². The first-order valence-corrected chi connectivity index (χ1v) is 21.3. The largest absolute Gasteiger partial charge is 0.472 e. The molecule has 55 heavy (non-hydrogen) atoms. The summed E-state index contributed by atoms with van der Waals surface area (Å²) in [6, 6.07) is 7.43. The van der Waals surface area contributed by atoms with Crippen molar-refractivity contribution in [2.45, 2.75) is 106 Å². The highest BCUT2D eigenvalue weighted by Crippen LogP contribution is 2.45. The Morgan fingerprint density at radius 1 is 1.04 bits per heavy atom. The number of carbonyl (C=O) groups is 4. The molecule has 6 atom stereocenters. The molecule has 294 valence electrons. The van der Waals surface area contributed by atoms with Gasteiger partial charge in [0.1, 0.15) is 23.7 Å². The molecular formula is C40H50N6O8S. The molecule has 0 spiro atoms. The molecule has 3 aliphatic carbocycles. The average molecular weight is 775 g/mol. The van der Waals surface area contributed by atoms with Crippen LogP contribution >= 0.6 is 0 Å². The van der Waals surface area contributed by atoms with Crippen molar-refractivity contribution in [3.63, 3.8) is 0 Å². The summed E-state index contributed by atoms with van der Waals surface area (Å²) in [5.41, 5.74) is -0.0377. The fourth-order valence-corrected chi connectivity index (χ4v) is 10.0. The second kappa shape index (κ2) is 15.2. The van der Waals surface area contributed by atoms with Crippen molar-refractivity contribution >= 4 is 50.8 Å².